The number of rotatable bonds is 18. The van der Waals surface area contributed by atoms with Crippen molar-refractivity contribution >= 4 is 0 Å². The minimum absolute atomic E-state index is 0.172. The van der Waals surface area contributed by atoms with E-state index in [0.717, 1.165) is 0 Å². The summed E-state index contributed by atoms with van der Waals surface area (Å²) in [5.74, 6) is 0. The van der Waals surface area contributed by atoms with Gasteiger partial charge in [0, 0.05) is 0 Å². The minimum atomic E-state index is -1.72. The van der Waals surface area contributed by atoms with E-state index in [9.17, 15) is 8.78 Å². The molecule has 0 aromatic carbocycles. The van der Waals surface area contributed by atoms with Crippen molar-refractivity contribution in [3.8, 4) is 0 Å². The molecule has 0 aliphatic heterocycles. The lowest BCUT2D eigenvalue weighted by Gasteiger charge is -2.17. The lowest BCUT2D eigenvalue weighted by Crippen LogP contribution is -2.30. The van der Waals surface area contributed by atoms with Crippen molar-refractivity contribution in [3.05, 3.63) is 0 Å². The maximum atomic E-state index is 13.3. The molecule has 2 N–H and O–H groups in total. The van der Waals surface area contributed by atoms with E-state index in [1.165, 1.54) is 13.8 Å². The van der Waals surface area contributed by atoms with E-state index in [2.05, 4.69) is 0 Å². The van der Waals surface area contributed by atoms with Gasteiger partial charge in [0.05, 0.1) is 79.3 Å². The van der Waals surface area contributed by atoms with Crippen molar-refractivity contribution in [1.82, 2.24) is 0 Å². The molecule has 0 radical (unpaired) electrons. The van der Waals surface area contributed by atoms with Crippen LogP contribution >= 0.6 is 0 Å². The molecule has 0 aliphatic rings. The van der Waals surface area contributed by atoms with Crippen molar-refractivity contribution in [2.75, 3.05) is 79.3 Å². The number of alkyl halides is 2. The molecule has 0 bridgehead atoms. The highest BCUT2D eigenvalue weighted by molar-refractivity contribution is 4.70. The predicted octanol–water partition coefficient (Wildman–Crippen LogP) is 0.510. The van der Waals surface area contributed by atoms with Gasteiger partial charge in [0.2, 0.25) is 0 Å². The summed E-state index contributed by atoms with van der Waals surface area (Å²) in [4.78, 5) is 0. The Labute approximate surface area is 148 Å². The van der Waals surface area contributed by atoms with Gasteiger partial charge in [-0.15, -0.1) is 0 Å². The normalized spacial score (nSPS) is 16.6. The van der Waals surface area contributed by atoms with Crippen LogP contribution in [0.4, 0.5) is 8.78 Å². The summed E-state index contributed by atoms with van der Waals surface area (Å²) in [6.45, 7) is 3.73. The Kier molecular flexibility index (Phi) is 14.5. The molecule has 0 rings (SSSR count). The quantitative estimate of drug-likeness (QED) is 0.338. The monoisotopic (exact) mass is 374 g/mol. The Morgan fingerprint density at radius 1 is 0.560 bits per heavy atom. The van der Waals surface area contributed by atoms with Crippen LogP contribution in [0.15, 0.2) is 0 Å². The van der Waals surface area contributed by atoms with Gasteiger partial charge in [-0.2, -0.15) is 0 Å². The topological polar surface area (TPSA) is 86.6 Å². The number of aliphatic hydroxyl groups is 2. The number of hydrogen-bond donors (Lipinski definition) is 2. The van der Waals surface area contributed by atoms with E-state index in [4.69, 9.17) is 33.9 Å². The second kappa shape index (κ2) is 14.7. The molecule has 0 aromatic heterocycles. The van der Waals surface area contributed by atoms with Crippen LogP contribution in [0.5, 0.6) is 0 Å². The molecular formula is C16H32F2O7. The zero-order chi connectivity index (χ0) is 19.0. The average Bonchev–Trinajstić information content (AvgIpc) is 2.58. The fourth-order valence-electron chi connectivity index (χ4n) is 1.44. The van der Waals surface area contributed by atoms with E-state index >= 15 is 0 Å². The van der Waals surface area contributed by atoms with Crippen LogP contribution < -0.4 is 0 Å². The Morgan fingerprint density at radius 3 is 1.04 bits per heavy atom. The molecule has 152 valence electrons. The molecule has 0 saturated carbocycles. The molecule has 2 unspecified atom stereocenters. The van der Waals surface area contributed by atoms with Crippen LogP contribution in [0, 0.1) is 0 Å². The van der Waals surface area contributed by atoms with Gasteiger partial charge in [0.25, 0.3) is 0 Å². The summed E-state index contributed by atoms with van der Waals surface area (Å²) in [7, 11) is 0. The van der Waals surface area contributed by atoms with Crippen molar-refractivity contribution in [3.63, 3.8) is 0 Å². The van der Waals surface area contributed by atoms with Crippen LogP contribution in [0.25, 0.3) is 0 Å². The number of ether oxygens (including phenoxy) is 5. The molecule has 25 heavy (non-hydrogen) atoms. The van der Waals surface area contributed by atoms with Gasteiger partial charge in [-0.25, -0.2) is 8.78 Å². The van der Waals surface area contributed by atoms with E-state index in [-0.39, 0.29) is 26.4 Å². The Morgan fingerprint density at radius 2 is 0.800 bits per heavy atom. The van der Waals surface area contributed by atoms with Gasteiger partial charge >= 0.3 is 0 Å². The van der Waals surface area contributed by atoms with Crippen molar-refractivity contribution in [1.29, 1.82) is 0 Å². The predicted molar refractivity (Wildman–Crippen MR) is 87.3 cm³/mol. The zero-order valence-electron chi connectivity index (χ0n) is 15.2. The number of aliphatic hydroxyl groups excluding tert-OH is 2. The van der Waals surface area contributed by atoms with Gasteiger partial charge in [-0.1, -0.05) is 0 Å². The Balaban J connectivity index is 3.17. The van der Waals surface area contributed by atoms with Gasteiger partial charge in [0.15, 0.2) is 11.3 Å². The SMILES string of the molecule is CC(F)(CO)COCCOCCOCCOCCOCC(C)(F)CO. The molecule has 0 amide bonds. The highest BCUT2D eigenvalue weighted by atomic mass is 19.1. The largest absolute Gasteiger partial charge is 0.393 e. The fraction of sp³-hybridized carbons (Fsp3) is 1.00. The van der Waals surface area contributed by atoms with Gasteiger partial charge in [-0.3, -0.25) is 0 Å². The summed E-state index contributed by atoms with van der Waals surface area (Å²) in [5, 5.41) is 17.4. The van der Waals surface area contributed by atoms with E-state index < -0.39 is 24.6 Å². The van der Waals surface area contributed by atoms with Crippen molar-refractivity contribution in [2.45, 2.75) is 25.2 Å². The van der Waals surface area contributed by atoms with Crippen LogP contribution in [-0.2, 0) is 23.7 Å². The van der Waals surface area contributed by atoms with Gasteiger partial charge in [-0.05, 0) is 13.8 Å². The molecule has 0 heterocycles. The second-order valence-corrected chi connectivity index (χ2v) is 6.09. The second-order valence-electron chi connectivity index (χ2n) is 6.09. The molecule has 0 fully saturated rings. The molecule has 7 nitrogen and oxygen atoms in total. The maximum absolute atomic E-state index is 13.3. The molecule has 0 saturated heterocycles. The molecule has 0 spiro atoms. The smallest absolute Gasteiger partial charge is 0.154 e. The van der Waals surface area contributed by atoms with Crippen LogP contribution in [0.3, 0.4) is 0 Å². The summed E-state index contributed by atoms with van der Waals surface area (Å²) >= 11 is 0. The first-order valence-electron chi connectivity index (χ1n) is 8.31. The highest BCUT2D eigenvalue weighted by Gasteiger charge is 2.22. The molecule has 0 aliphatic carbocycles. The van der Waals surface area contributed by atoms with Crippen molar-refractivity contribution in [2.24, 2.45) is 0 Å². The lowest BCUT2D eigenvalue weighted by atomic mass is 10.2. The van der Waals surface area contributed by atoms with Crippen LogP contribution in [0.1, 0.15) is 13.8 Å². The van der Waals surface area contributed by atoms with Crippen LogP contribution in [-0.4, -0.2) is 101 Å². The third-order valence-electron chi connectivity index (χ3n) is 2.95. The standard InChI is InChI=1S/C16H32F2O7/c1-15(17,11-19)13-24-9-7-22-5-3-21-4-6-23-8-10-25-14-16(2,18)12-20/h19-20H,3-14H2,1-2H3. The van der Waals surface area contributed by atoms with E-state index in [1.54, 1.807) is 0 Å². The number of hydrogen-bond acceptors (Lipinski definition) is 7. The van der Waals surface area contributed by atoms with Crippen LogP contribution in [0.2, 0.25) is 0 Å². The van der Waals surface area contributed by atoms with E-state index in [1.807, 2.05) is 0 Å². The first kappa shape index (κ1) is 24.6. The fourth-order valence-corrected chi connectivity index (χ4v) is 1.44. The molecule has 2 atom stereocenters. The summed E-state index contributed by atoms with van der Waals surface area (Å²) in [5.41, 5.74) is -3.45. The van der Waals surface area contributed by atoms with Gasteiger partial charge in [0.1, 0.15) is 0 Å². The maximum Gasteiger partial charge on any atom is 0.154 e. The van der Waals surface area contributed by atoms with E-state index in [0.29, 0.717) is 39.6 Å². The third-order valence-corrected chi connectivity index (χ3v) is 2.95. The summed E-state index contributed by atoms with van der Waals surface area (Å²) < 4.78 is 52.3. The molecular weight excluding hydrogens is 342 g/mol. The summed E-state index contributed by atoms with van der Waals surface area (Å²) in [6.07, 6.45) is 0. The zero-order valence-corrected chi connectivity index (χ0v) is 15.2. The van der Waals surface area contributed by atoms with Crippen molar-refractivity contribution < 1.29 is 42.7 Å². The Bertz CT molecular complexity index is 276. The average molecular weight is 374 g/mol. The summed E-state index contributed by atoms with van der Waals surface area (Å²) in [6, 6.07) is 0. The first-order valence-corrected chi connectivity index (χ1v) is 8.31. The molecule has 9 heteroatoms. The third kappa shape index (κ3) is 16.8. The van der Waals surface area contributed by atoms with Gasteiger partial charge < -0.3 is 33.9 Å². The lowest BCUT2D eigenvalue weighted by molar-refractivity contribution is -0.0426. The number of halogens is 2. The molecule has 0 aromatic rings. The highest BCUT2D eigenvalue weighted by Crippen LogP contribution is 2.09. The minimum Gasteiger partial charge on any atom is -0.393 e. The Hall–Kier alpha value is -0.420. The first-order chi connectivity index (χ1) is 11.8.